The zero-order valence-electron chi connectivity index (χ0n) is 11.2. The van der Waals surface area contributed by atoms with Crippen LogP contribution in [0.4, 0.5) is 0 Å². The van der Waals surface area contributed by atoms with Gasteiger partial charge >= 0.3 is 0 Å². The van der Waals surface area contributed by atoms with Crippen LogP contribution >= 0.6 is 0 Å². The highest BCUT2D eigenvalue weighted by Gasteiger charge is 2.12. The third-order valence-corrected chi connectivity index (χ3v) is 3.53. The molecule has 3 rings (SSSR count). The van der Waals surface area contributed by atoms with Crippen LogP contribution in [-0.2, 0) is 0 Å². The summed E-state index contributed by atoms with van der Waals surface area (Å²) in [4.78, 5) is 1.64. The van der Waals surface area contributed by atoms with E-state index >= 15 is 0 Å². The average Bonchev–Trinajstić information content (AvgIpc) is 2.84. The minimum atomic E-state index is 0.345. The van der Waals surface area contributed by atoms with Crippen molar-refractivity contribution in [2.24, 2.45) is 0 Å². The Balaban J connectivity index is 2.27. The van der Waals surface area contributed by atoms with E-state index in [1.165, 1.54) is 0 Å². The van der Waals surface area contributed by atoms with Crippen molar-refractivity contribution in [3.63, 3.8) is 0 Å². The molecule has 0 saturated heterocycles. The summed E-state index contributed by atoms with van der Waals surface area (Å²) in [6.07, 6.45) is 0. The van der Waals surface area contributed by atoms with Crippen LogP contribution in [0.25, 0.3) is 16.7 Å². The van der Waals surface area contributed by atoms with E-state index in [4.69, 9.17) is 0 Å². The molecule has 1 aromatic heterocycles. The van der Waals surface area contributed by atoms with Crippen molar-refractivity contribution in [2.75, 3.05) is 0 Å². The molecule has 4 heteroatoms. The number of hydrogen-bond acceptors (Lipinski definition) is 3. The third kappa shape index (κ3) is 1.76. The predicted molar refractivity (Wildman–Crippen MR) is 74.7 cm³/mol. The summed E-state index contributed by atoms with van der Waals surface area (Å²) in [5.41, 5.74) is 5.33. The van der Waals surface area contributed by atoms with Crippen molar-refractivity contribution >= 4 is 11.0 Å². The van der Waals surface area contributed by atoms with Crippen LogP contribution in [0.3, 0.4) is 0 Å². The van der Waals surface area contributed by atoms with E-state index in [1.807, 2.05) is 51.1 Å². The molecule has 0 aliphatic rings. The largest absolute Gasteiger partial charge is 0.507 e. The Bertz CT molecular complexity index is 741. The van der Waals surface area contributed by atoms with Crippen molar-refractivity contribution in [1.82, 2.24) is 15.0 Å². The molecule has 1 heterocycles. The van der Waals surface area contributed by atoms with Gasteiger partial charge in [0.05, 0.1) is 5.69 Å². The number of aryl methyl sites for hydroxylation is 1. The number of aromatic hydroxyl groups is 1. The quantitative estimate of drug-likeness (QED) is 0.725. The summed E-state index contributed by atoms with van der Waals surface area (Å²) in [6.45, 7) is 5.76. The second kappa shape index (κ2) is 4.09. The van der Waals surface area contributed by atoms with E-state index in [-0.39, 0.29) is 0 Å². The number of phenols is 1. The van der Waals surface area contributed by atoms with Crippen LogP contribution in [0.15, 0.2) is 30.3 Å². The Morgan fingerprint density at radius 3 is 2.11 bits per heavy atom. The fraction of sp³-hybridized carbons (Fsp3) is 0.200. The highest BCUT2D eigenvalue weighted by Crippen LogP contribution is 2.29. The van der Waals surface area contributed by atoms with Crippen LogP contribution < -0.4 is 0 Å². The first-order valence-corrected chi connectivity index (χ1v) is 6.20. The summed E-state index contributed by atoms with van der Waals surface area (Å²) in [6, 6.07) is 9.68. The Morgan fingerprint density at radius 2 is 1.53 bits per heavy atom. The smallest absolute Gasteiger partial charge is 0.121 e. The highest BCUT2D eigenvalue weighted by molar-refractivity contribution is 5.73. The lowest BCUT2D eigenvalue weighted by Crippen LogP contribution is -2.03. The summed E-state index contributed by atoms with van der Waals surface area (Å²) >= 11 is 0. The summed E-state index contributed by atoms with van der Waals surface area (Å²) < 4.78 is 0. The van der Waals surface area contributed by atoms with E-state index in [9.17, 15) is 5.11 Å². The maximum absolute atomic E-state index is 9.95. The van der Waals surface area contributed by atoms with Crippen molar-refractivity contribution in [2.45, 2.75) is 20.8 Å². The fourth-order valence-corrected chi connectivity index (χ4v) is 2.22. The first-order valence-electron chi connectivity index (χ1n) is 6.20. The second-order valence-corrected chi connectivity index (χ2v) is 4.79. The Labute approximate surface area is 111 Å². The van der Waals surface area contributed by atoms with Crippen LogP contribution in [0.1, 0.15) is 16.7 Å². The van der Waals surface area contributed by atoms with Crippen LogP contribution in [0.2, 0.25) is 0 Å². The molecule has 0 unspecified atom stereocenters. The minimum Gasteiger partial charge on any atom is -0.507 e. The third-order valence-electron chi connectivity index (χ3n) is 3.53. The van der Waals surface area contributed by atoms with E-state index in [0.717, 1.165) is 33.4 Å². The number of benzene rings is 2. The Morgan fingerprint density at radius 1 is 0.947 bits per heavy atom. The lowest BCUT2D eigenvalue weighted by Gasteiger charge is -2.11. The van der Waals surface area contributed by atoms with Crippen molar-refractivity contribution < 1.29 is 5.11 Å². The normalized spacial score (nSPS) is 11.1. The lowest BCUT2D eigenvalue weighted by molar-refractivity contribution is 0.466. The van der Waals surface area contributed by atoms with E-state index < -0.39 is 0 Å². The van der Waals surface area contributed by atoms with E-state index in [2.05, 4.69) is 10.2 Å². The second-order valence-electron chi connectivity index (χ2n) is 4.79. The monoisotopic (exact) mass is 253 g/mol. The Kier molecular flexibility index (Phi) is 2.52. The topological polar surface area (TPSA) is 50.9 Å². The molecule has 0 bridgehead atoms. The number of nitrogens with zero attached hydrogens (tertiary/aromatic N) is 3. The maximum Gasteiger partial charge on any atom is 0.121 e. The predicted octanol–water partition coefficient (Wildman–Crippen LogP) is 3.05. The average molecular weight is 253 g/mol. The van der Waals surface area contributed by atoms with Gasteiger partial charge in [-0.2, -0.15) is 4.80 Å². The molecule has 0 aliphatic heterocycles. The summed E-state index contributed by atoms with van der Waals surface area (Å²) in [7, 11) is 0. The van der Waals surface area contributed by atoms with Crippen molar-refractivity contribution in [3.05, 3.63) is 47.0 Å². The molecule has 96 valence electrons. The zero-order valence-corrected chi connectivity index (χ0v) is 11.2. The van der Waals surface area contributed by atoms with Crippen molar-refractivity contribution in [3.8, 4) is 11.4 Å². The van der Waals surface area contributed by atoms with Crippen LogP contribution in [-0.4, -0.2) is 20.1 Å². The first-order chi connectivity index (χ1) is 9.08. The number of aromatic nitrogens is 3. The zero-order chi connectivity index (χ0) is 13.6. The maximum atomic E-state index is 9.95. The van der Waals surface area contributed by atoms with Gasteiger partial charge in [-0.1, -0.05) is 12.1 Å². The molecule has 19 heavy (non-hydrogen) atoms. The standard InChI is InChI=1S/C15H15N3O/c1-9-8-14(10(2)11(3)15(9)19)18-16-12-6-4-5-7-13(12)17-18/h4-8,19H,1-3H3. The molecule has 0 aliphatic carbocycles. The van der Waals surface area contributed by atoms with Gasteiger partial charge in [-0.05, 0) is 55.7 Å². The molecule has 0 saturated carbocycles. The molecule has 2 aromatic carbocycles. The Hall–Kier alpha value is -2.36. The molecule has 1 N–H and O–H groups in total. The molecule has 0 amide bonds. The van der Waals surface area contributed by atoms with Gasteiger partial charge in [0.1, 0.15) is 16.8 Å². The SMILES string of the molecule is Cc1cc(-n2nc3ccccc3n2)c(C)c(C)c1O. The van der Waals surface area contributed by atoms with Gasteiger partial charge in [0, 0.05) is 0 Å². The molecule has 0 spiro atoms. The first kappa shape index (κ1) is 11.7. The molecule has 0 radical (unpaired) electrons. The molecule has 0 atom stereocenters. The highest BCUT2D eigenvalue weighted by atomic mass is 16.3. The number of phenolic OH excluding ortho intramolecular Hbond substituents is 1. The minimum absolute atomic E-state index is 0.345. The number of fused-ring (bicyclic) bond motifs is 1. The van der Waals surface area contributed by atoms with Gasteiger partial charge in [0.15, 0.2) is 0 Å². The summed E-state index contributed by atoms with van der Waals surface area (Å²) in [5, 5.41) is 18.9. The molecule has 0 fully saturated rings. The molecule has 4 nitrogen and oxygen atoms in total. The van der Waals surface area contributed by atoms with Crippen LogP contribution in [0.5, 0.6) is 5.75 Å². The van der Waals surface area contributed by atoms with Crippen LogP contribution in [0, 0.1) is 20.8 Å². The lowest BCUT2D eigenvalue weighted by atomic mass is 10.0. The summed E-state index contributed by atoms with van der Waals surface area (Å²) in [5.74, 6) is 0.345. The van der Waals surface area contributed by atoms with E-state index in [1.54, 1.807) is 4.80 Å². The molecule has 3 aromatic rings. The van der Waals surface area contributed by atoms with Gasteiger partial charge in [-0.3, -0.25) is 0 Å². The number of rotatable bonds is 1. The molecular formula is C15H15N3O. The van der Waals surface area contributed by atoms with Gasteiger partial charge in [0.2, 0.25) is 0 Å². The van der Waals surface area contributed by atoms with Gasteiger partial charge < -0.3 is 5.11 Å². The number of hydrogen-bond donors (Lipinski definition) is 1. The van der Waals surface area contributed by atoms with Gasteiger partial charge in [-0.15, -0.1) is 10.2 Å². The van der Waals surface area contributed by atoms with Crippen molar-refractivity contribution in [1.29, 1.82) is 0 Å². The fourth-order valence-electron chi connectivity index (χ4n) is 2.22. The van der Waals surface area contributed by atoms with E-state index in [0.29, 0.717) is 5.75 Å². The van der Waals surface area contributed by atoms with Gasteiger partial charge in [-0.25, -0.2) is 0 Å². The molecular weight excluding hydrogens is 238 g/mol. The van der Waals surface area contributed by atoms with Gasteiger partial charge in [0.25, 0.3) is 0 Å².